The van der Waals surface area contributed by atoms with Crippen LogP contribution in [0.15, 0.2) is 34.8 Å². The van der Waals surface area contributed by atoms with E-state index in [4.69, 9.17) is 4.74 Å². The van der Waals surface area contributed by atoms with E-state index in [9.17, 15) is 4.79 Å². The van der Waals surface area contributed by atoms with Crippen LogP contribution in [0.4, 0.5) is 0 Å². The van der Waals surface area contributed by atoms with Crippen molar-refractivity contribution in [1.29, 1.82) is 0 Å². The highest BCUT2D eigenvalue weighted by Crippen LogP contribution is 2.29. The molecule has 84 valence electrons. The van der Waals surface area contributed by atoms with Crippen LogP contribution in [-0.4, -0.2) is 12.6 Å². The second kappa shape index (κ2) is 5.30. The number of rotatable bonds is 4. The molecule has 0 spiro atoms. The van der Waals surface area contributed by atoms with Gasteiger partial charge < -0.3 is 4.74 Å². The van der Waals surface area contributed by atoms with Gasteiger partial charge in [-0.3, -0.25) is 4.79 Å². The van der Waals surface area contributed by atoms with Crippen molar-refractivity contribution in [3.8, 4) is 0 Å². The molecule has 1 saturated carbocycles. The predicted octanol–water partition coefficient (Wildman–Crippen LogP) is 3.42. The van der Waals surface area contributed by atoms with Crippen molar-refractivity contribution >= 4 is 28.0 Å². The third-order valence-corrected chi connectivity index (χ3v) is 2.88. The van der Waals surface area contributed by atoms with Crippen molar-refractivity contribution in [3.63, 3.8) is 0 Å². The monoisotopic (exact) mass is 280 g/mol. The van der Waals surface area contributed by atoms with Gasteiger partial charge in [-0.25, -0.2) is 0 Å². The summed E-state index contributed by atoms with van der Waals surface area (Å²) in [5, 5.41) is 0. The smallest absolute Gasteiger partial charge is 0.309 e. The minimum Gasteiger partial charge on any atom is -0.461 e. The summed E-state index contributed by atoms with van der Waals surface area (Å²) in [4.78, 5) is 11.2. The molecule has 0 atom stereocenters. The van der Waals surface area contributed by atoms with Gasteiger partial charge in [0.15, 0.2) is 0 Å². The van der Waals surface area contributed by atoms with Gasteiger partial charge in [0, 0.05) is 4.47 Å². The molecule has 16 heavy (non-hydrogen) atoms. The van der Waals surface area contributed by atoms with Crippen molar-refractivity contribution in [3.05, 3.63) is 40.4 Å². The van der Waals surface area contributed by atoms with Gasteiger partial charge >= 0.3 is 5.97 Å². The van der Waals surface area contributed by atoms with Crippen LogP contribution in [0.2, 0.25) is 0 Å². The van der Waals surface area contributed by atoms with Crippen LogP contribution in [0.25, 0.3) is 6.08 Å². The zero-order chi connectivity index (χ0) is 11.4. The van der Waals surface area contributed by atoms with E-state index in [-0.39, 0.29) is 11.9 Å². The van der Waals surface area contributed by atoms with Gasteiger partial charge in [0.05, 0.1) is 5.92 Å². The van der Waals surface area contributed by atoms with E-state index in [1.807, 2.05) is 36.4 Å². The molecular weight excluding hydrogens is 268 g/mol. The Morgan fingerprint density at radius 2 is 2.31 bits per heavy atom. The second-order valence-electron chi connectivity index (χ2n) is 3.86. The molecule has 0 saturated heterocycles. The zero-order valence-electron chi connectivity index (χ0n) is 8.86. The second-order valence-corrected chi connectivity index (χ2v) is 4.78. The number of hydrogen-bond donors (Lipinski definition) is 0. The first-order chi connectivity index (χ1) is 7.75. The Kier molecular flexibility index (Phi) is 3.78. The van der Waals surface area contributed by atoms with Crippen LogP contribution >= 0.6 is 15.9 Å². The quantitative estimate of drug-likeness (QED) is 0.790. The van der Waals surface area contributed by atoms with Crippen LogP contribution in [0, 0.1) is 5.92 Å². The molecule has 2 rings (SSSR count). The van der Waals surface area contributed by atoms with Crippen LogP contribution in [0.5, 0.6) is 0 Å². The van der Waals surface area contributed by atoms with E-state index in [2.05, 4.69) is 15.9 Å². The Hall–Kier alpha value is -1.09. The van der Waals surface area contributed by atoms with Crippen molar-refractivity contribution in [2.24, 2.45) is 5.92 Å². The van der Waals surface area contributed by atoms with E-state index in [0.717, 1.165) is 22.9 Å². The molecule has 0 N–H and O–H groups in total. The van der Waals surface area contributed by atoms with Crippen molar-refractivity contribution in [2.75, 3.05) is 6.61 Å². The fraction of sp³-hybridized carbons (Fsp3) is 0.308. The molecule has 1 fully saturated rings. The molecule has 1 aliphatic carbocycles. The van der Waals surface area contributed by atoms with E-state index in [0.29, 0.717) is 6.61 Å². The topological polar surface area (TPSA) is 26.3 Å². The molecule has 0 radical (unpaired) electrons. The minimum atomic E-state index is -0.0566. The summed E-state index contributed by atoms with van der Waals surface area (Å²) < 4.78 is 6.13. The highest BCUT2D eigenvalue weighted by molar-refractivity contribution is 9.10. The number of halogens is 1. The van der Waals surface area contributed by atoms with Gasteiger partial charge in [-0.1, -0.05) is 34.1 Å². The van der Waals surface area contributed by atoms with Crippen molar-refractivity contribution in [2.45, 2.75) is 12.8 Å². The molecule has 3 heteroatoms. The average Bonchev–Trinajstić information content (AvgIpc) is 3.08. The first-order valence-electron chi connectivity index (χ1n) is 5.34. The number of esters is 1. The van der Waals surface area contributed by atoms with E-state index >= 15 is 0 Å². The maximum absolute atomic E-state index is 11.2. The normalized spacial score (nSPS) is 15.3. The summed E-state index contributed by atoms with van der Waals surface area (Å²) in [5.41, 5.74) is 1.09. The van der Waals surface area contributed by atoms with Gasteiger partial charge in [0.1, 0.15) is 6.61 Å². The molecule has 2 nitrogen and oxygen atoms in total. The molecule has 0 aliphatic heterocycles. The molecule has 0 heterocycles. The summed E-state index contributed by atoms with van der Waals surface area (Å²) in [7, 11) is 0. The Morgan fingerprint density at radius 3 is 3.00 bits per heavy atom. The minimum absolute atomic E-state index is 0.0566. The van der Waals surface area contributed by atoms with E-state index in [1.165, 1.54) is 0 Å². The highest BCUT2D eigenvalue weighted by Gasteiger charge is 2.30. The fourth-order valence-electron chi connectivity index (χ4n) is 1.36. The van der Waals surface area contributed by atoms with Gasteiger partial charge in [0.2, 0.25) is 0 Å². The van der Waals surface area contributed by atoms with Crippen molar-refractivity contribution < 1.29 is 9.53 Å². The number of carbonyl (C=O) groups is 1. The maximum atomic E-state index is 11.2. The highest BCUT2D eigenvalue weighted by atomic mass is 79.9. The van der Waals surface area contributed by atoms with Crippen molar-refractivity contribution in [1.82, 2.24) is 0 Å². The van der Waals surface area contributed by atoms with Gasteiger partial charge in [-0.2, -0.15) is 0 Å². The number of hydrogen-bond acceptors (Lipinski definition) is 2. The predicted molar refractivity (Wildman–Crippen MR) is 66.9 cm³/mol. The van der Waals surface area contributed by atoms with E-state index < -0.39 is 0 Å². The lowest BCUT2D eigenvalue weighted by Crippen LogP contribution is -2.05. The summed E-state index contributed by atoms with van der Waals surface area (Å²) in [5.74, 6) is 0.123. The molecule has 1 aliphatic rings. The largest absolute Gasteiger partial charge is 0.461 e. The lowest BCUT2D eigenvalue weighted by Gasteiger charge is -1.99. The third kappa shape index (κ3) is 3.49. The molecule has 0 unspecified atom stereocenters. The standard InChI is InChI=1S/C13H13BrO2/c14-12-5-1-3-10(9-12)4-2-8-16-13(15)11-6-7-11/h1-5,9,11H,6-8H2/b4-2+. The molecule has 1 aromatic carbocycles. The molecule has 0 aromatic heterocycles. The third-order valence-electron chi connectivity index (χ3n) is 2.39. The summed E-state index contributed by atoms with van der Waals surface area (Å²) >= 11 is 3.40. The first-order valence-corrected chi connectivity index (χ1v) is 6.14. The first kappa shape index (κ1) is 11.4. The van der Waals surface area contributed by atoms with Gasteiger partial charge in [0.25, 0.3) is 0 Å². The number of ether oxygens (including phenoxy) is 1. The Bertz CT molecular complexity index is 408. The lowest BCUT2D eigenvalue weighted by molar-refractivity contribution is -0.143. The molecule has 0 bridgehead atoms. The Balaban J connectivity index is 1.78. The molecule has 1 aromatic rings. The lowest BCUT2D eigenvalue weighted by atomic mass is 10.2. The van der Waals surface area contributed by atoms with Gasteiger partial charge in [-0.05, 0) is 36.6 Å². The van der Waals surface area contributed by atoms with Crippen LogP contribution < -0.4 is 0 Å². The van der Waals surface area contributed by atoms with Crippen LogP contribution in [0.1, 0.15) is 18.4 Å². The Morgan fingerprint density at radius 1 is 1.50 bits per heavy atom. The van der Waals surface area contributed by atoms with Crippen LogP contribution in [0.3, 0.4) is 0 Å². The molecule has 0 amide bonds. The van der Waals surface area contributed by atoms with E-state index in [1.54, 1.807) is 0 Å². The average molecular weight is 281 g/mol. The fourth-order valence-corrected chi connectivity index (χ4v) is 1.78. The maximum Gasteiger partial charge on any atom is 0.309 e. The number of carbonyl (C=O) groups excluding carboxylic acids is 1. The number of benzene rings is 1. The van der Waals surface area contributed by atoms with Gasteiger partial charge in [-0.15, -0.1) is 0 Å². The SMILES string of the molecule is O=C(OC/C=C/c1cccc(Br)c1)C1CC1. The molecular formula is C13H13BrO2. The summed E-state index contributed by atoms with van der Waals surface area (Å²) in [6, 6.07) is 7.97. The van der Waals surface area contributed by atoms with Crippen LogP contribution in [-0.2, 0) is 9.53 Å². The Labute approximate surface area is 103 Å². The summed E-state index contributed by atoms with van der Waals surface area (Å²) in [6.45, 7) is 0.363. The zero-order valence-corrected chi connectivity index (χ0v) is 10.4. The summed E-state index contributed by atoms with van der Waals surface area (Å²) in [6.07, 6.45) is 5.80.